The number of rotatable bonds is 0. The van der Waals surface area contributed by atoms with Gasteiger partial charge in [-0.2, -0.15) is 0 Å². The van der Waals surface area contributed by atoms with Gasteiger partial charge < -0.3 is 4.74 Å². The van der Waals surface area contributed by atoms with E-state index in [4.69, 9.17) is 4.74 Å². The summed E-state index contributed by atoms with van der Waals surface area (Å²) in [4.78, 5) is 0. The molecule has 0 radical (unpaired) electrons. The van der Waals surface area contributed by atoms with E-state index in [2.05, 4.69) is 27.7 Å². The Bertz CT molecular complexity index is 183. The summed E-state index contributed by atoms with van der Waals surface area (Å²) in [5.41, 5.74) is 0.449. The summed E-state index contributed by atoms with van der Waals surface area (Å²) in [6.45, 7) is 10.4. The van der Waals surface area contributed by atoms with Crippen LogP contribution in [0.4, 0.5) is 0 Å². The zero-order valence-corrected chi connectivity index (χ0v) is 8.63. The lowest BCUT2D eigenvalue weighted by atomic mass is 9.55. The maximum Gasteiger partial charge on any atom is 0.0631 e. The summed E-state index contributed by atoms with van der Waals surface area (Å²) in [7, 11) is 0. The first kappa shape index (κ1) is 8.55. The third kappa shape index (κ3) is 0.953. The van der Waals surface area contributed by atoms with Crippen molar-refractivity contribution in [1.82, 2.24) is 0 Å². The third-order valence-corrected chi connectivity index (χ3v) is 4.35. The predicted molar refractivity (Wildman–Crippen MR) is 50.0 cm³/mol. The summed E-state index contributed by atoms with van der Waals surface area (Å²) >= 11 is 0. The lowest BCUT2D eigenvalue weighted by Gasteiger charge is -2.52. The first-order valence-electron chi connectivity index (χ1n) is 5.15. The summed E-state index contributed by atoms with van der Waals surface area (Å²) in [5, 5.41) is 0. The number of fused-ring (bicyclic) bond motifs is 3. The molecule has 4 atom stereocenters. The standard InChI is InChI=1S/C11H20O/c1-7-6-12-10-5-9(8(7)2)11(10,3)4/h7-10H,5-6H2,1-4H3. The molecule has 0 aromatic heterocycles. The molecule has 0 N–H and O–H groups in total. The van der Waals surface area contributed by atoms with Crippen LogP contribution in [0.5, 0.6) is 0 Å². The fourth-order valence-corrected chi connectivity index (χ4v) is 2.91. The van der Waals surface area contributed by atoms with Crippen LogP contribution >= 0.6 is 0 Å². The second kappa shape index (κ2) is 2.47. The Morgan fingerprint density at radius 2 is 1.92 bits per heavy atom. The molecule has 0 aromatic carbocycles. The molecule has 12 heavy (non-hydrogen) atoms. The quantitative estimate of drug-likeness (QED) is 0.540. The van der Waals surface area contributed by atoms with Crippen molar-refractivity contribution < 1.29 is 4.74 Å². The Kier molecular flexibility index (Phi) is 1.76. The van der Waals surface area contributed by atoms with Gasteiger partial charge in [-0.15, -0.1) is 0 Å². The van der Waals surface area contributed by atoms with Crippen LogP contribution < -0.4 is 0 Å². The monoisotopic (exact) mass is 168 g/mol. The number of hydrogen-bond acceptors (Lipinski definition) is 1. The van der Waals surface area contributed by atoms with Crippen molar-refractivity contribution in [1.29, 1.82) is 0 Å². The first-order chi connectivity index (χ1) is 5.53. The average Bonchev–Trinajstić information content (AvgIpc) is 2.18. The maximum atomic E-state index is 5.87. The molecule has 0 aromatic rings. The molecule has 3 fully saturated rings. The number of hydrogen-bond donors (Lipinski definition) is 0. The van der Waals surface area contributed by atoms with Crippen molar-refractivity contribution in [3.05, 3.63) is 0 Å². The van der Waals surface area contributed by atoms with Gasteiger partial charge in [-0.1, -0.05) is 27.7 Å². The van der Waals surface area contributed by atoms with E-state index in [1.807, 2.05) is 0 Å². The molecular formula is C11H20O. The van der Waals surface area contributed by atoms with E-state index in [0.29, 0.717) is 11.5 Å². The lowest BCUT2D eigenvalue weighted by molar-refractivity contribution is -0.123. The molecule has 1 aliphatic carbocycles. The van der Waals surface area contributed by atoms with Crippen molar-refractivity contribution in [2.45, 2.75) is 40.2 Å². The summed E-state index contributed by atoms with van der Waals surface area (Å²) < 4.78 is 5.87. The van der Waals surface area contributed by atoms with Crippen LogP contribution in [0, 0.1) is 23.2 Å². The van der Waals surface area contributed by atoms with Gasteiger partial charge in [0.25, 0.3) is 0 Å². The van der Waals surface area contributed by atoms with E-state index in [1.54, 1.807) is 0 Å². The van der Waals surface area contributed by atoms with Crippen molar-refractivity contribution in [2.24, 2.45) is 23.2 Å². The molecule has 70 valence electrons. The highest BCUT2D eigenvalue weighted by molar-refractivity contribution is 5.02. The van der Waals surface area contributed by atoms with Gasteiger partial charge >= 0.3 is 0 Å². The minimum atomic E-state index is 0.449. The largest absolute Gasteiger partial charge is 0.377 e. The average molecular weight is 168 g/mol. The molecule has 3 rings (SSSR count). The molecule has 4 unspecified atom stereocenters. The molecule has 2 heterocycles. The van der Waals surface area contributed by atoms with E-state index in [1.165, 1.54) is 6.42 Å². The van der Waals surface area contributed by atoms with Crippen LogP contribution in [0.15, 0.2) is 0 Å². The zero-order chi connectivity index (χ0) is 8.93. The fraction of sp³-hybridized carbons (Fsp3) is 1.00. The summed E-state index contributed by atoms with van der Waals surface area (Å²) in [6, 6.07) is 0. The van der Waals surface area contributed by atoms with Crippen LogP contribution in [-0.2, 0) is 4.74 Å². The highest BCUT2D eigenvalue weighted by atomic mass is 16.5. The SMILES string of the molecule is CC1COC2CC(C1C)C2(C)C. The molecule has 2 saturated heterocycles. The molecule has 0 amide bonds. The molecular weight excluding hydrogens is 148 g/mol. The Labute approximate surface area is 75.5 Å². The Balaban J connectivity index is 2.19. The second-order valence-electron chi connectivity index (χ2n) is 5.32. The van der Waals surface area contributed by atoms with Crippen molar-refractivity contribution in [2.75, 3.05) is 6.61 Å². The summed E-state index contributed by atoms with van der Waals surface area (Å²) in [5.74, 6) is 2.50. The fourth-order valence-electron chi connectivity index (χ4n) is 2.91. The van der Waals surface area contributed by atoms with Crippen LogP contribution in [0.25, 0.3) is 0 Å². The molecule has 3 aliphatic rings. The molecule has 1 heteroatoms. The molecule has 2 aliphatic heterocycles. The van der Waals surface area contributed by atoms with Gasteiger partial charge in [0.15, 0.2) is 0 Å². The molecule has 2 bridgehead atoms. The van der Waals surface area contributed by atoms with Crippen LogP contribution in [0.2, 0.25) is 0 Å². The Hall–Kier alpha value is -0.0400. The van der Waals surface area contributed by atoms with Crippen LogP contribution in [-0.4, -0.2) is 12.7 Å². The maximum absolute atomic E-state index is 5.87. The Morgan fingerprint density at radius 3 is 2.50 bits per heavy atom. The van der Waals surface area contributed by atoms with E-state index in [9.17, 15) is 0 Å². The predicted octanol–water partition coefficient (Wildman–Crippen LogP) is 2.70. The minimum Gasteiger partial charge on any atom is -0.377 e. The highest BCUT2D eigenvalue weighted by Gasteiger charge is 2.53. The first-order valence-corrected chi connectivity index (χ1v) is 5.15. The van der Waals surface area contributed by atoms with Gasteiger partial charge in [-0.25, -0.2) is 0 Å². The minimum absolute atomic E-state index is 0.449. The molecule has 1 nitrogen and oxygen atoms in total. The van der Waals surface area contributed by atoms with Gasteiger partial charge in [0.05, 0.1) is 6.10 Å². The second-order valence-corrected chi connectivity index (χ2v) is 5.32. The van der Waals surface area contributed by atoms with E-state index >= 15 is 0 Å². The van der Waals surface area contributed by atoms with Gasteiger partial charge in [0, 0.05) is 6.61 Å². The molecule has 0 spiro atoms. The van der Waals surface area contributed by atoms with E-state index in [-0.39, 0.29) is 0 Å². The third-order valence-electron chi connectivity index (χ3n) is 4.35. The summed E-state index contributed by atoms with van der Waals surface area (Å²) in [6.07, 6.45) is 1.85. The van der Waals surface area contributed by atoms with Gasteiger partial charge in [-0.3, -0.25) is 0 Å². The lowest BCUT2D eigenvalue weighted by Crippen LogP contribution is -2.51. The van der Waals surface area contributed by atoms with Crippen LogP contribution in [0.3, 0.4) is 0 Å². The van der Waals surface area contributed by atoms with Crippen molar-refractivity contribution >= 4 is 0 Å². The van der Waals surface area contributed by atoms with Gasteiger partial charge in [0.1, 0.15) is 0 Å². The normalized spacial score (nSPS) is 51.0. The Morgan fingerprint density at radius 1 is 1.25 bits per heavy atom. The molecule has 1 saturated carbocycles. The van der Waals surface area contributed by atoms with Gasteiger partial charge in [-0.05, 0) is 29.6 Å². The van der Waals surface area contributed by atoms with Crippen LogP contribution in [0.1, 0.15) is 34.1 Å². The van der Waals surface area contributed by atoms with E-state index < -0.39 is 0 Å². The van der Waals surface area contributed by atoms with E-state index in [0.717, 1.165) is 24.4 Å². The zero-order valence-electron chi connectivity index (χ0n) is 8.63. The van der Waals surface area contributed by atoms with Gasteiger partial charge in [0.2, 0.25) is 0 Å². The highest BCUT2D eigenvalue weighted by Crippen LogP contribution is 2.55. The van der Waals surface area contributed by atoms with Crippen molar-refractivity contribution in [3.63, 3.8) is 0 Å². The van der Waals surface area contributed by atoms with Crippen molar-refractivity contribution in [3.8, 4) is 0 Å². The topological polar surface area (TPSA) is 9.23 Å². The smallest absolute Gasteiger partial charge is 0.0631 e. The number of ether oxygens (including phenoxy) is 1.